The maximum Gasteiger partial charge on any atom is 0.309 e. The highest BCUT2D eigenvalue weighted by atomic mass is 28.3. The molecule has 2 aliphatic rings. The van der Waals surface area contributed by atoms with Crippen LogP contribution in [-0.4, -0.2) is 150 Å². The van der Waals surface area contributed by atoms with Gasteiger partial charge in [-0.1, -0.05) is 41.2 Å². The number of nitrogens with zero attached hydrogens (tertiary/aromatic N) is 3. The summed E-state index contributed by atoms with van der Waals surface area (Å²) in [5.41, 5.74) is -1.25. The molecule has 3 aromatic rings. The fourth-order valence-electron chi connectivity index (χ4n) is 6.12. The molecule has 2 fully saturated rings. The molecule has 2 aromatic carbocycles. The van der Waals surface area contributed by atoms with E-state index in [-0.39, 0.29) is 24.5 Å². The number of rotatable bonds is 14. The van der Waals surface area contributed by atoms with Crippen LogP contribution in [0.1, 0.15) is 26.7 Å². The first-order valence-corrected chi connectivity index (χ1v) is 20.0. The summed E-state index contributed by atoms with van der Waals surface area (Å²) in [6.45, 7) is 2.35. The van der Waals surface area contributed by atoms with Crippen LogP contribution in [0, 0.1) is 17.0 Å². The predicted molar refractivity (Wildman–Crippen MR) is 187 cm³/mol. The first kappa shape index (κ1) is 43.9. The molecule has 2 saturated heterocycles. The lowest BCUT2D eigenvalue weighted by Gasteiger charge is -2.43. The fourth-order valence-corrected chi connectivity index (χ4v) is 9.43. The van der Waals surface area contributed by atoms with E-state index in [1.807, 2.05) is 24.3 Å². The molecule has 0 unspecified atom stereocenters. The molecule has 0 aliphatic carbocycles. The van der Waals surface area contributed by atoms with Gasteiger partial charge in [-0.3, -0.25) is 14.3 Å². The first-order chi connectivity index (χ1) is 25.9. The Morgan fingerprint density at radius 3 is 1.93 bits per heavy atom. The van der Waals surface area contributed by atoms with Crippen LogP contribution in [0.3, 0.4) is 0 Å². The highest BCUT2D eigenvalue weighted by Crippen LogP contribution is 2.38. The number of aliphatic carboxylic acids is 1. The molecule has 3 heterocycles. The Kier molecular flexibility index (Phi) is 14.7. The third-order valence-electron chi connectivity index (χ3n) is 9.74. The summed E-state index contributed by atoms with van der Waals surface area (Å²) in [7, 11) is -2.22. The predicted octanol–water partition coefficient (Wildman–Crippen LogP) is -1.97. The number of aliphatic hydroxyl groups is 7. The van der Waals surface area contributed by atoms with E-state index in [1.54, 1.807) is 11.0 Å². The molecule has 55 heavy (non-hydrogen) atoms. The smallest absolute Gasteiger partial charge is 0.309 e. The second kappa shape index (κ2) is 18.4. The number of aromatic nitrogens is 3. The van der Waals surface area contributed by atoms with Crippen molar-refractivity contribution in [3.63, 3.8) is 0 Å². The Morgan fingerprint density at radius 1 is 0.891 bits per heavy atom. The molecule has 0 saturated carbocycles. The fraction of sp³-hybridized carbons (Fsp3) is 0.543. The Labute approximate surface area is 315 Å². The summed E-state index contributed by atoms with van der Waals surface area (Å²) >= 11 is 0. The van der Waals surface area contributed by atoms with Gasteiger partial charge >= 0.3 is 11.9 Å². The van der Waals surface area contributed by atoms with Crippen molar-refractivity contribution in [2.45, 2.75) is 94.2 Å². The summed E-state index contributed by atoms with van der Waals surface area (Å²) in [5.74, 6) is -5.01. The van der Waals surface area contributed by atoms with Crippen molar-refractivity contribution < 1.29 is 78.2 Å². The monoisotopic (exact) mass is 799 g/mol. The lowest BCUT2D eigenvalue weighted by Crippen LogP contribution is -2.63. The molecule has 0 radical (unpaired) electrons. The number of benzene rings is 2. The number of carbonyl (C=O) groups excluding carboxylic acids is 1. The SMILES string of the molecule is CC(C)(CCC(=O)O[C@H]1[C@H](O)[C@@H](CO)O[C@@]1(CO)O[C@H]1O[C@H](CO)[C@@H](O)[C@H](O)[C@H]1O)C(=O)O.C[Si](Cn1cncn1)(c1ccc(F)cc1)c1ccc(F)cc1. The van der Waals surface area contributed by atoms with E-state index in [0.717, 1.165) is 10.4 Å². The van der Waals surface area contributed by atoms with E-state index < -0.39 is 100 Å². The standard InChI is InChI=1S/C19H32O14.C16H15F2N3Si/c1-18(2,17(28)29)4-3-10(23)31-15-12(25)9(6-21)32-19(15,7-22)33-16-14(27)13(26)11(24)8(5-20)30-16;1-22(12-21-11-19-10-20-21,15-6-2-13(17)3-7-15)16-8-4-14(18)5-9-16/h8-9,11-16,20-22,24-27H,3-7H2,1-2H3,(H,28,29);2-11H,12H2,1H3/t8-,9-,11-,12-,13+,14-,15+,16-,19+;/m1./s1. The average Bonchev–Trinajstić information content (AvgIpc) is 3.77. The molecule has 8 N–H and O–H groups in total. The van der Waals surface area contributed by atoms with Crippen molar-refractivity contribution in [2.75, 3.05) is 19.8 Å². The molecule has 304 valence electrons. The summed E-state index contributed by atoms with van der Waals surface area (Å²) in [4.78, 5) is 27.6. The minimum Gasteiger partial charge on any atom is -0.481 e. The van der Waals surface area contributed by atoms with Crippen LogP contribution in [-0.2, 0) is 34.7 Å². The molecule has 20 heteroatoms. The number of aliphatic hydroxyl groups excluding tert-OH is 7. The lowest BCUT2D eigenvalue weighted by atomic mass is 9.88. The number of carboxylic acid groups (broad SMARTS) is 1. The summed E-state index contributed by atoms with van der Waals surface area (Å²) in [5, 5.41) is 84.9. The van der Waals surface area contributed by atoms with Crippen molar-refractivity contribution in [3.8, 4) is 0 Å². The normalized spacial score (nSPS) is 28.3. The molecular formula is C35H47F2N3O14Si. The van der Waals surface area contributed by atoms with Gasteiger partial charge in [0.15, 0.2) is 12.4 Å². The van der Waals surface area contributed by atoms with Gasteiger partial charge in [-0.2, -0.15) is 5.10 Å². The highest BCUT2D eigenvalue weighted by Gasteiger charge is 2.61. The summed E-state index contributed by atoms with van der Waals surface area (Å²) in [6.07, 6.45) is -10.1. The van der Waals surface area contributed by atoms with Crippen molar-refractivity contribution in [3.05, 3.63) is 72.8 Å². The van der Waals surface area contributed by atoms with E-state index >= 15 is 0 Å². The van der Waals surface area contributed by atoms with E-state index in [4.69, 9.17) is 18.9 Å². The number of hydrogen-bond donors (Lipinski definition) is 8. The minimum atomic E-state index is -2.38. The van der Waals surface area contributed by atoms with Crippen LogP contribution in [0.5, 0.6) is 0 Å². The molecule has 5 rings (SSSR count). The van der Waals surface area contributed by atoms with Gasteiger partial charge in [0.2, 0.25) is 5.79 Å². The van der Waals surface area contributed by atoms with Gasteiger partial charge in [-0.25, -0.2) is 13.8 Å². The summed E-state index contributed by atoms with van der Waals surface area (Å²) < 4.78 is 49.6. The molecule has 2 aliphatic heterocycles. The molecular weight excluding hydrogens is 752 g/mol. The van der Waals surface area contributed by atoms with Gasteiger partial charge in [0.05, 0.1) is 18.6 Å². The Bertz CT molecular complexity index is 1640. The zero-order valence-corrected chi connectivity index (χ0v) is 31.3. The number of ether oxygens (including phenoxy) is 4. The molecule has 0 bridgehead atoms. The summed E-state index contributed by atoms with van der Waals surface area (Å²) in [6, 6.07) is 13.1. The van der Waals surface area contributed by atoms with E-state index in [2.05, 4.69) is 16.6 Å². The van der Waals surface area contributed by atoms with Crippen LogP contribution in [0.25, 0.3) is 0 Å². The maximum atomic E-state index is 13.2. The number of hydrogen-bond acceptors (Lipinski definition) is 15. The largest absolute Gasteiger partial charge is 0.481 e. The zero-order valence-electron chi connectivity index (χ0n) is 30.3. The van der Waals surface area contributed by atoms with E-state index in [0.29, 0.717) is 6.17 Å². The van der Waals surface area contributed by atoms with Gasteiger partial charge < -0.3 is 59.8 Å². The quantitative estimate of drug-likeness (QED) is 0.0650. The zero-order chi connectivity index (χ0) is 40.7. The van der Waals surface area contributed by atoms with Crippen LogP contribution in [0.4, 0.5) is 8.78 Å². The van der Waals surface area contributed by atoms with Gasteiger partial charge in [0.25, 0.3) is 0 Å². The van der Waals surface area contributed by atoms with Crippen LogP contribution in [0.2, 0.25) is 6.55 Å². The van der Waals surface area contributed by atoms with E-state index in [9.17, 15) is 59.2 Å². The lowest BCUT2D eigenvalue weighted by molar-refractivity contribution is -0.383. The van der Waals surface area contributed by atoms with E-state index in [1.165, 1.54) is 44.4 Å². The number of carbonyl (C=O) groups is 2. The van der Waals surface area contributed by atoms with Gasteiger partial charge in [0.1, 0.15) is 75.6 Å². The molecule has 17 nitrogen and oxygen atoms in total. The number of esters is 1. The van der Waals surface area contributed by atoms with Gasteiger partial charge in [-0.05, 0) is 44.5 Å². The molecule has 0 spiro atoms. The Hall–Kier alpha value is -3.80. The van der Waals surface area contributed by atoms with Crippen molar-refractivity contribution in [1.82, 2.24) is 14.8 Å². The molecule has 1 aromatic heterocycles. The van der Waals surface area contributed by atoms with Crippen LogP contribution in [0.15, 0.2) is 61.2 Å². The Balaban J connectivity index is 0.000000264. The van der Waals surface area contributed by atoms with Gasteiger partial charge in [-0.15, -0.1) is 0 Å². The van der Waals surface area contributed by atoms with Crippen molar-refractivity contribution >= 4 is 30.4 Å². The third-order valence-corrected chi connectivity index (χ3v) is 13.9. The minimum absolute atomic E-state index is 0.117. The first-order valence-electron chi connectivity index (χ1n) is 17.2. The number of carboxylic acids is 1. The molecule has 0 amide bonds. The topological polar surface area (TPSA) is 264 Å². The second-order valence-electron chi connectivity index (χ2n) is 14.2. The second-order valence-corrected chi connectivity index (χ2v) is 18.3. The Morgan fingerprint density at radius 2 is 1.45 bits per heavy atom. The van der Waals surface area contributed by atoms with Crippen LogP contribution >= 0.6 is 0 Å². The molecule has 9 atom stereocenters. The third kappa shape index (κ3) is 10.1. The average molecular weight is 800 g/mol. The van der Waals surface area contributed by atoms with Gasteiger partial charge in [0, 0.05) is 12.6 Å². The number of halogens is 2. The van der Waals surface area contributed by atoms with Crippen LogP contribution < -0.4 is 10.4 Å². The van der Waals surface area contributed by atoms with Crippen molar-refractivity contribution in [1.29, 1.82) is 0 Å². The maximum absolute atomic E-state index is 13.2. The highest BCUT2D eigenvalue weighted by molar-refractivity contribution is 7.00. The van der Waals surface area contributed by atoms with Crippen molar-refractivity contribution in [2.24, 2.45) is 5.41 Å².